The number of anilines is 2. The lowest BCUT2D eigenvalue weighted by atomic mass is 10.2. The second-order valence-corrected chi connectivity index (χ2v) is 4.69. The second-order valence-electron chi connectivity index (χ2n) is 3.54. The third kappa shape index (κ3) is 1.80. The first-order chi connectivity index (χ1) is 6.79. The van der Waals surface area contributed by atoms with E-state index >= 15 is 0 Å². The van der Waals surface area contributed by atoms with Crippen LogP contribution in [0.5, 0.6) is 0 Å². The number of aromatic nitrogens is 1. The van der Waals surface area contributed by atoms with Gasteiger partial charge in [-0.2, -0.15) is 11.8 Å². The van der Waals surface area contributed by atoms with Gasteiger partial charge in [-0.15, -0.1) is 0 Å². The van der Waals surface area contributed by atoms with Crippen LogP contribution in [0.25, 0.3) is 0 Å². The summed E-state index contributed by atoms with van der Waals surface area (Å²) in [6.45, 7) is 0. The molecule has 1 aromatic rings. The maximum Gasteiger partial charge on any atom is 0.151 e. The van der Waals surface area contributed by atoms with Crippen LogP contribution in [0.15, 0.2) is 18.3 Å². The summed E-state index contributed by atoms with van der Waals surface area (Å²) in [5.41, 5.74) is 6.65. The lowest BCUT2D eigenvalue weighted by Crippen LogP contribution is -2.32. The van der Waals surface area contributed by atoms with E-state index in [1.54, 1.807) is 6.20 Å². The van der Waals surface area contributed by atoms with Gasteiger partial charge in [-0.25, -0.2) is 4.98 Å². The van der Waals surface area contributed by atoms with E-state index in [4.69, 9.17) is 5.73 Å². The zero-order valence-corrected chi connectivity index (χ0v) is 9.13. The van der Waals surface area contributed by atoms with Gasteiger partial charge in [0.2, 0.25) is 0 Å². The van der Waals surface area contributed by atoms with Crippen molar-refractivity contribution < 1.29 is 0 Å². The van der Waals surface area contributed by atoms with Gasteiger partial charge in [-0.3, -0.25) is 0 Å². The fourth-order valence-electron chi connectivity index (χ4n) is 1.70. The predicted molar refractivity (Wildman–Crippen MR) is 62.8 cm³/mol. The van der Waals surface area contributed by atoms with E-state index in [-0.39, 0.29) is 0 Å². The molecule has 0 spiro atoms. The Kier molecular flexibility index (Phi) is 2.82. The largest absolute Gasteiger partial charge is 0.396 e. The molecule has 0 aromatic carbocycles. The zero-order chi connectivity index (χ0) is 9.97. The third-order valence-electron chi connectivity index (χ3n) is 2.60. The van der Waals surface area contributed by atoms with Gasteiger partial charge >= 0.3 is 0 Å². The van der Waals surface area contributed by atoms with Crippen LogP contribution in [-0.4, -0.2) is 29.6 Å². The summed E-state index contributed by atoms with van der Waals surface area (Å²) in [7, 11) is 2.08. The van der Waals surface area contributed by atoms with Gasteiger partial charge in [-0.1, -0.05) is 0 Å². The number of nitrogens with zero attached hydrogens (tertiary/aromatic N) is 2. The molecular weight excluding hydrogens is 194 g/mol. The molecule has 0 saturated carbocycles. The lowest BCUT2D eigenvalue weighted by molar-refractivity contribution is 0.693. The standard InChI is InChI=1S/C10H15N3S/c1-13(8-4-6-14-7-8)10-9(11)3-2-5-12-10/h2-3,5,8H,4,6-7,11H2,1H3/t8-/m0/s1. The lowest BCUT2D eigenvalue weighted by Gasteiger charge is -2.25. The van der Waals surface area contributed by atoms with Crippen LogP contribution < -0.4 is 10.6 Å². The fourth-order valence-corrected chi connectivity index (χ4v) is 2.97. The Labute approximate surface area is 88.7 Å². The molecule has 0 bridgehead atoms. The van der Waals surface area contributed by atoms with E-state index in [0.29, 0.717) is 6.04 Å². The van der Waals surface area contributed by atoms with Crippen molar-refractivity contribution in [2.24, 2.45) is 0 Å². The molecule has 1 saturated heterocycles. The van der Waals surface area contributed by atoms with Gasteiger partial charge in [0.15, 0.2) is 5.82 Å². The molecule has 0 radical (unpaired) electrons. The molecule has 1 aliphatic heterocycles. The van der Waals surface area contributed by atoms with Gasteiger partial charge in [0.25, 0.3) is 0 Å². The molecule has 76 valence electrons. The van der Waals surface area contributed by atoms with Crippen molar-refractivity contribution in [2.75, 3.05) is 29.2 Å². The van der Waals surface area contributed by atoms with Crippen LogP contribution >= 0.6 is 11.8 Å². The summed E-state index contributed by atoms with van der Waals surface area (Å²) in [6.07, 6.45) is 3.03. The van der Waals surface area contributed by atoms with Crippen molar-refractivity contribution in [2.45, 2.75) is 12.5 Å². The number of nitrogens with two attached hydrogens (primary N) is 1. The minimum absolute atomic E-state index is 0.595. The SMILES string of the molecule is CN(c1ncccc1N)[C@H]1CCSC1. The Morgan fingerprint density at radius 3 is 3.14 bits per heavy atom. The van der Waals surface area contributed by atoms with E-state index in [1.165, 1.54) is 17.9 Å². The van der Waals surface area contributed by atoms with E-state index in [9.17, 15) is 0 Å². The molecule has 0 aliphatic carbocycles. The number of rotatable bonds is 2. The molecule has 1 atom stereocenters. The Morgan fingerprint density at radius 1 is 1.64 bits per heavy atom. The van der Waals surface area contributed by atoms with Crippen LogP contribution in [0.1, 0.15) is 6.42 Å². The normalized spacial score (nSPS) is 21.1. The first-order valence-corrected chi connectivity index (χ1v) is 5.95. The highest BCUT2D eigenvalue weighted by atomic mass is 32.2. The van der Waals surface area contributed by atoms with Crippen molar-refractivity contribution in [1.82, 2.24) is 4.98 Å². The van der Waals surface area contributed by atoms with E-state index in [2.05, 4.69) is 16.9 Å². The van der Waals surface area contributed by atoms with Gasteiger partial charge in [0.05, 0.1) is 5.69 Å². The third-order valence-corrected chi connectivity index (χ3v) is 3.75. The second kappa shape index (κ2) is 4.09. The van der Waals surface area contributed by atoms with Crippen LogP contribution in [0.3, 0.4) is 0 Å². The maximum atomic E-state index is 5.88. The Balaban J connectivity index is 2.17. The predicted octanol–water partition coefficient (Wildman–Crippen LogP) is 1.61. The van der Waals surface area contributed by atoms with Crippen molar-refractivity contribution in [3.05, 3.63) is 18.3 Å². The van der Waals surface area contributed by atoms with E-state index < -0.39 is 0 Å². The summed E-state index contributed by atoms with van der Waals surface area (Å²) < 4.78 is 0. The van der Waals surface area contributed by atoms with Crippen molar-refractivity contribution in [3.63, 3.8) is 0 Å². The number of thioether (sulfide) groups is 1. The molecule has 14 heavy (non-hydrogen) atoms. The van der Waals surface area contributed by atoms with Crippen LogP contribution in [0.4, 0.5) is 11.5 Å². The molecule has 0 unspecified atom stereocenters. The topological polar surface area (TPSA) is 42.2 Å². The summed E-state index contributed by atoms with van der Waals surface area (Å²) >= 11 is 2.00. The number of hydrogen-bond donors (Lipinski definition) is 1. The van der Waals surface area contributed by atoms with Gasteiger partial charge in [0, 0.05) is 25.0 Å². The minimum atomic E-state index is 0.595. The Morgan fingerprint density at radius 2 is 2.50 bits per heavy atom. The number of hydrogen-bond acceptors (Lipinski definition) is 4. The Bertz CT molecular complexity index is 310. The van der Waals surface area contributed by atoms with Gasteiger partial charge in [-0.05, 0) is 24.3 Å². The van der Waals surface area contributed by atoms with Crippen molar-refractivity contribution in [3.8, 4) is 0 Å². The average molecular weight is 209 g/mol. The Hall–Kier alpha value is -0.900. The minimum Gasteiger partial charge on any atom is -0.396 e. The highest BCUT2D eigenvalue weighted by molar-refractivity contribution is 7.99. The summed E-state index contributed by atoms with van der Waals surface area (Å²) in [5.74, 6) is 3.36. The van der Waals surface area contributed by atoms with Crippen molar-refractivity contribution in [1.29, 1.82) is 0 Å². The summed E-state index contributed by atoms with van der Waals surface area (Å²) in [6, 6.07) is 4.37. The molecular formula is C10H15N3S. The fraction of sp³-hybridized carbons (Fsp3) is 0.500. The molecule has 2 N–H and O–H groups in total. The van der Waals surface area contributed by atoms with Gasteiger partial charge in [0.1, 0.15) is 0 Å². The molecule has 3 nitrogen and oxygen atoms in total. The molecule has 2 heterocycles. The molecule has 1 fully saturated rings. The number of pyridine rings is 1. The van der Waals surface area contributed by atoms with Crippen molar-refractivity contribution >= 4 is 23.3 Å². The average Bonchev–Trinajstić information content (AvgIpc) is 2.70. The highest BCUT2D eigenvalue weighted by Crippen LogP contribution is 2.27. The summed E-state index contributed by atoms with van der Waals surface area (Å²) in [4.78, 5) is 6.52. The van der Waals surface area contributed by atoms with Crippen LogP contribution in [0, 0.1) is 0 Å². The molecule has 1 aromatic heterocycles. The zero-order valence-electron chi connectivity index (χ0n) is 8.31. The maximum absolute atomic E-state index is 5.88. The first kappa shape index (κ1) is 9.65. The van der Waals surface area contributed by atoms with Crippen LogP contribution in [0.2, 0.25) is 0 Å². The molecule has 4 heteroatoms. The summed E-state index contributed by atoms with van der Waals surface area (Å²) in [5, 5.41) is 0. The van der Waals surface area contributed by atoms with E-state index in [0.717, 1.165) is 11.5 Å². The molecule has 2 rings (SSSR count). The van der Waals surface area contributed by atoms with Gasteiger partial charge < -0.3 is 10.6 Å². The van der Waals surface area contributed by atoms with Crippen LogP contribution in [-0.2, 0) is 0 Å². The smallest absolute Gasteiger partial charge is 0.151 e. The first-order valence-electron chi connectivity index (χ1n) is 4.80. The molecule has 1 aliphatic rings. The number of nitrogen functional groups attached to an aromatic ring is 1. The highest BCUT2D eigenvalue weighted by Gasteiger charge is 2.21. The monoisotopic (exact) mass is 209 g/mol. The molecule has 0 amide bonds. The quantitative estimate of drug-likeness (QED) is 0.803. The van der Waals surface area contributed by atoms with E-state index in [1.807, 2.05) is 23.9 Å².